The molecular weight excluding hydrogens is 515 g/mol. The van der Waals surface area contributed by atoms with Gasteiger partial charge in [-0.2, -0.15) is 24.9 Å². The Labute approximate surface area is 225 Å². The highest BCUT2D eigenvalue weighted by molar-refractivity contribution is 7.99. The SMILES string of the molecule is O=C(Cc1ccccc1)NC(=O)[C@H](CCCSCC(=O)C(F)(F)F)NCCN1CCC(c2ccccc2)C1. The molecule has 38 heavy (non-hydrogen) atoms. The summed E-state index contributed by atoms with van der Waals surface area (Å²) in [6, 6.07) is 18.8. The highest BCUT2D eigenvalue weighted by Crippen LogP contribution is 2.26. The number of halogens is 3. The molecular formula is C28H34F3N3O3S. The Morgan fingerprint density at radius 3 is 2.39 bits per heavy atom. The van der Waals surface area contributed by atoms with Crippen LogP contribution in [-0.2, 0) is 20.8 Å². The van der Waals surface area contributed by atoms with E-state index in [4.69, 9.17) is 0 Å². The monoisotopic (exact) mass is 549 g/mol. The maximum absolute atomic E-state index is 12.9. The topological polar surface area (TPSA) is 78.5 Å². The van der Waals surface area contributed by atoms with Crippen molar-refractivity contribution in [2.45, 2.75) is 43.8 Å². The Kier molecular flexibility index (Phi) is 11.8. The number of carbonyl (C=O) groups is 3. The Bertz CT molecular complexity index is 1040. The minimum absolute atomic E-state index is 0.0728. The minimum Gasteiger partial charge on any atom is -0.305 e. The third kappa shape index (κ3) is 10.2. The molecule has 1 aliphatic rings. The predicted molar refractivity (Wildman–Crippen MR) is 143 cm³/mol. The quantitative estimate of drug-likeness (QED) is 0.348. The van der Waals surface area contributed by atoms with Crippen LogP contribution in [0.3, 0.4) is 0 Å². The first-order chi connectivity index (χ1) is 18.2. The maximum Gasteiger partial charge on any atom is 0.450 e. The van der Waals surface area contributed by atoms with Crippen LogP contribution in [0.25, 0.3) is 0 Å². The number of imide groups is 1. The van der Waals surface area contributed by atoms with Crippen molar-refractivity contribution in [2.75, 3.05) is 37.7 Å². The van der Waals surface area contributed by atoms with Gasteiger partial charge in [-0.1, -0.05) is 60.7 Å². The van der Waals surface area contributed by atoms with Gasteiger partial charge in [-0.3, -0.25) is 19.7 Å². The molecule has 3 rings (SSSR count). The number of nitrogens with zero attached hydrogens (tertiary/aromatic N) is 1. The molecule has 0 saturated carbocycles. The molecule has 0 radical (unpaired) electrons. The Morgan fingerprint density at radius 2 is 1.71 bits per heavy atom. The number of ketones is 1. The lowest BCUT2D eigenvalue weighted by molar-refractivity contribution is -0.167. The van der Waals surface area contributed by atoms with Crippen molar-refractivity contribution in [3.63, 3.8) is 0 Å². The largest absolute Gasteiger partial charge is 0.450 e. The summed E-state index contributed by atoms with van der Waals surface area (Å²) < 4.78 is 37.2. The van der Waals surface area contributed by atoms with Crippen LogP contribution in [0.5, 0.6) is 0 Å². The lowest BCUT2D eigenvalue weighted by Crippen LogP contribution is -2.48. The lowest BCUT2D eigenvalue weighted by Gasteiger charge is -2.21. The first kappa shape index (κ1) is 29.9. The fourth-order valence-corrected chi connectivity index (χ4v) is 5.31. The molecule has 1 aliphatic heterocycles. The average Bonchev–Trinajstić information content (AvgIpc) is 3.36. The molecule has 0 aliphatic carbocycles. The number of likely N-dealkylation sites (tertiary alicyclic amines) is 1. The molecule has 1 unspecified atom stereocenters. The van der Waals surface area contributed by atoms with Gasteiger partial charge in [0.2, 0.25) is 17.6 Å². The number of nitrogens with one attached hydrogen (secondary N) is 2. The number of Topliss-reactive ketones (excluding diaryl/α,β-unsaturated/α-hetero) is 1. The summed E-state index contributed by atoms with van der Waals surface area (Å²) in [4.78, 5) is 38.7. The molecule has 1 saturated heterocycles. The Balaban J connectivity index is 1.47. The number of carbonyl (C=O) groups excluding carboxylic acids is 3. The average molecular weight is 550 g/mol. The van der Waals surface area contributed by atoms with Crippen LogP contribution < -0.4 is 10.6 Å². The van der Waals surface area contributed by atoms with E-state index in [0.717, 1.165) is 43.4 Å². The Morgan fingerprint density at radius 1 is 1.03 bits per heavy atom. The third-order valence-corrected chi connectivity index (χ3v) is 7.52. The molecule has 1 heterocycles. The van der Waals surface area contributed by atoms with E-state index in [9.17, 15) is 27.6 Å². The summed E-state index contributed by atoms with van der Waals surface area (Å²) in [7, 11) is 0. The van der Waals surface area contributed by atoms with Gasteiger partial charge in [-0.05, 0) is 48.6 Å². The molecule has 2 aromatic carbocycles. The van der Waals surface area contributed by atoms with Gasteiger partial charge in [0.15, 0.2) is 0 Å². The van der Waals surface area contributed by atoms with Crippen LogP contribution in [0.2, 0.25) is 0 Å². The number of alkyl halides is 3. The molecule has 2 atom stereocenters. The molecule has 0 spiro atoms. The molecule has 1 fully saturated rings. The van der Waals surface area contributed by atoms with E-state index < -0.39 is 35.6 Å². The summed E-state index contributed by atoms with van der Waals surface area (Å²) >= 11 is 0.896. The fourth-order valence-electron chi connectivity index (χ4n) is 4.44. The normalized spacial score (nSPS) is 16.8. The summed E-state index contributed by atoms with van der Waals surface area (Å²) in [6.07, 6.45) is -2.93. The number of rotatable bonds is 14. The molecule has 2 N–H and O–H groups in total. The summed E-state index contributed by atoms with van der Waals surface area (Å²) in [5, 5.41) is 5.68. The van der Waals surface area contributed by atoms with E-state index in [1.165, 1.54) is 5.56 Å². The minimum atomic E-state index is -4.83. The van der Waals surface area contributed by atoms with Gasteiger partial charge in [0.25, 0.3) is 0 Å². The molecule has 2 amide bonds. The molecule has 2 aromatic rings. The van der Waals surface area contributed by atoms with E-state index in [1.54, 1.807) is 12.1 Å². The summed E-state index contributed by atoms with van der Waals surface area (Å²) in [6.45, 7) is 3.16. The Hall–Kier alpha value is -2.69. The van der Waals surface area contributed by atoms with Gasteiger partial charge in [-0.25, -0.2) is 0 Å². The van der Waals surface area contributed by atoms with Gasteiger partial charge < -0.3 is 10.2 Å². The van der Waals surface area contributed by atoms with Gasteiger partial charge >= 0.3 is 6.18 Å². The van der Waals surface area contributed by atoms with E-state index in [1.807, 2.05) is 36.4 Å². The van der Waals surface area contributed by atoms with Gasteiger partial charge in [0.05, 0.1) is 18.2 Å². The highest BCUT2D eigenvalue weighted by Gasteiger charge is 2.37. The fraction of sp³-hybridized carbons (Fsp3) is 0.464. The standard InChI is InChI=1S/C28H34F3N3O3S/c29-28(30,31)25(35)20-38-17-7-12-24(27(37)33-26(36)18-21-8-3-1-4-9-21)32-14-16-34-15-13-23(19-34)22-10-5-2-6-11-22/h1-6,8-11,23-24,32H,7,12-20H2,(H,33,36,37)/t23?,24-/m0/s1. The van der Waals surface area contributed by atoms with Gasteiger partial charge in [-0.15, -0.1) is 0 Å². The first-order valence-electron chi connectivity index (χ1n) is 12.8. The zero-order valence-electron chi connectivity index (χ0n) is 21.2. The van der Waals surface area contributed by atoms with E-state index in [2.05, 4.69) is 27.7 Å². The molecule has 6 nitrogen and oxygen atoms in total. The number of thioether (sulfide) groups is 1. The molecule has 10 heteroatoms. The van der Waals surface area contributed by atoms with Gasteiger partial charge in [0, 0.05) is 19.6 Å². The lowest BCUT2D eigenvalue weighted by atomic mass is 9.99. The van der Waals surface area contributed by atoms with Crippen molar-refractivity contribution in [3.8, 4) is 0 Å². The first-order valence-corrected chi connectivity index (χ1v) is 13.9. The van der Waals surface area contributed by atoms with Crippen molar-refractivity contribution in [3.05, 3.63) is 71.8 Å². The third-order valence-electron chi connectivity index (χ3n) is 6.48. The van der Waals surface area contributed by atoms with E-state index in [-0.39, 0.29) is 6.42 Å². The second kappa shape index (κ2) is 15.0. The maximum atomic E-state index is 12.9. The van der Waals surface area contributed by atoms with Crippen LogP contribution in [0.4, 0.5) is 13.2 Å². The van der Waals surface area contributed by atoms with Gasteiger partial charge in [0.1, 0.15) is 0 Å². The van der Waals surface area contributed by atoms with Crippen LogP contribution in [-0.4, -0.2) is 72.4 Å². The second-order valence-corrected chi connectivity index (χ2v) is 10.5. The number of hydrogen-bond acceptors (Lipinski definition) is 6. The predicted octanol–water partition coefficient (Wildman–Crippen LogP) is 3.96. The smallest absolute Gasteiger partial charge is 0.305 e. The molecule has 206 valence electrons. The van der Waals surface area contributed by atoms with E-state index >= 15 is 0 Å². The van der Waals surface area contributed by atoms with Crippen molar-refractivity contribution < 1.29 is 27.6 Å². The molecule has 0 bridgehead atoms. The van der Waals surface area contributed by atoms with Crippen LogP contribution in [0.15, 0.2) is 60.7 Å². The summed E-state index contributed by atoms with van der Waals surface area (Å²) in [5.74, 6) is -2.49. The number of hydrogen-bond donors (Lipinski definition) is 2. The van der Waals surface area contributed by atoms with E-state index in [0.29, 0.717) is 31.1 Å². The summed E-state index contributed by atoms with van der Waals surface area (Å²) in [5.41, 5.74) is 2.11. The molecule has 0 aromatic heterocycles. The van der Waals surface area contributed by atoms with Crippen molar-refractivity contribution >= 4 is 29.4 Å². The van der Waals surface area contributed by atoms with Crippen molar-refractivity contribution in [1.29, 1.82) is 0 Å². The van der Waals surface area contributed by atoms with Crippen LogP contribution >= 0.6 is 11.8 Å². The van der Waals surface area contributed by atoms with Crippen LogP contribution in [0, 0.1) is 0 Å². The highest BCUT2D eigenvalue weighted by atomic mass is 32.2. The number of amides is 2. The zero-order chi connectivity index (χ0) is 27.4. The zero-order valence-corrected chi connectivity index (χ0v) is 22.0. The number of benzene rings is 2. The van der Waals surface area contributed by atoms with Crippen molar-refractivity contribution in [1.82, 2.24) is 15.5 Å². The van der Waals surface area contributed by atoms with Crippen molar-refractivity contribution in [2.24, 2.45) is 0 Å². The van der Waals surface area contributed by atoms with Crippen LogP contribution in [0.1, 0.15) is 36.3 Å². The second-order valence-electron chi connectivity index (χ2n) is 9.39.